The maximum Gasteiger partial charge on any atom is 0.219 e. The van der Waals surface area contributed by atoms with E-state index in [1.807, 2.05) is 38.4 Å². The maximum absolute atomic E-state index is 9.17. The minimum Gasteiger partial charge on any atom is -0.495 e. The van der Waals surface area contributed by atoms with E-state index in [2.05, 4.69) is 42.9 Å². The lowest BCUT2D eigenvalue weighted by atomic mass is 10.3. The largest absolute Gasteiger partial charge is 0.495 e. The Morgan fingerprint density at radius 3 is 1.33 bits per heavy atom. The maximum atomic E-state index is 9.17. The van der Waals surface area contributed by atoms with Crippen LogP contribution < -0.4 is 9.47 Å². The van der Waals surface area contributed by atoms with Crippen LogP contribution in [0, 0.1) is 45.3 Å². The van der Waals surface area contributed by atoms with Crippen LogP contribution in [0.5, 0.6) is 11.5 Å². The summed E-state index contributed by atoms with van der Waals surface area (Å²) in [6, 6.07) is 15.1. The number of ether oxygens (including phenoxy) is 2. The van der Waals surface area contributed by atoms with E-state index in [1.54, 1.807) is 49.0 Å². The van der Waals surface area contributed by atoms with Gasteiger partial charge in [0, 0.05) is 33.3 Å². The Morgan fingerprint density at radius 1 is 0.587 bits per heavy atom. The van der Waals surface area contributed by atoms with E-state index in [1.165, 1.54) is 32.1 Å². The highest BCUT2D eigenvalue weighted by molar-refractivity contribution is 7.33. The third kappa shape index (κ3) is 4.15. The van der Waals surface area contributed by atoms with E-state index in [4.69, 9.17) is 30.5 Å². The summed E-state index contributed by atoms with van der Waals surface area (Å²) in [5.41, 5.74) is 5.98. The normalized spacial score (nSPS) is 11.1. The van der Waals surface area contributed by atoms with Crippen molar-refractivity contribution in [2.24, 2.45) is 31.1 Å². The Kier molecular flexibility index (Phi) is 6.93. The van der Waals surface area contributed by atoms with Crippen molar-refractivity contribution in [2.75, 3.05) is 14.2 Å². The lowest BCUT2D eigenvalue weighted by Crippen LogP contribution is -1.95. The number of methoxy groups -OCH3 is 2. The Labute approximate surface area is 277 Å². The molecule has 0 aliphatic rings. The molecule has 0 bridgehead atoms. The van der Waals surface area contributed by atoms with Gasteiger partial charge in [0.05, 0.1) is 76.2 Å². The van der Waals surface area contributed by atoms with Gasteiger partial charge in [-0.2, -0.15) is 21.0 Å². The number of aromatic nitrogens is 3. The molecule has 7 aromatic rings. The third-order valence-electron chi connectivity index (χ3n) is 7.72. The monoisotopic (exact) mass is 677 g/mol. The van der Waals surface area contributed by atoms with Crippen molar-refractivity contribution in [3.63, 3.8) is 0 Å². The zero-order chi connectivity index (χ0) is 32.4. The summed E-state index contributed by atoms with van der Waals surface area (Å²) >= 11 is 6.24. The van der Waals surface area contributed by atoms with Crippen LogP contribution >= 0.6 is 45.3 Å². The molecule has 0 atom stereocenters. The van der Waals surface area contributed by atoms with Gasteiger partial charge in [0.15, 0.2) is 0 Å². The fraction of sp³-hybridized carbons (Fsp3) is 0.161. The fourth-order valence-electron chi connectivity index (χ4n) is 5.73. The zero-order valence-electron chi connectivity index (χ0n) is 24.8. The zero-order valence-corrected chi connectivity index (χ0v) is 28.0. The molecule has 0 aromatic carbocycles. The Morgan fingerprint density at radius 2 is 0.978 bits per heavy atom. The number of hydrogen-bond acceptors (Lipinski definition) is 12. The molecule has 7 heterocycles. The average molecular weight is 678 g/mol. The molecule has 0 saturated heterocycles. The highest BCUT2D eigenvalue weighted by Gasteiger charge is 2.27. The van der Waals surface area contributed by atoms with Crippen LogP contribution in [0.3, 0.4) is 0 Å². The first-order valence-corrected chi connectivity index (χ1v) is 16.7. The summed E-state index contributed by atoms with van der Waals surface area (Å²) in [6.45, 7) is 0. The predicted octanol–water partition coefficient (Wildman–Crippen LogP) is 8.15. The summed E-state index contributed by atoms with van der Waals surface area (Å²) in [5, 5.41) is 37.7. The lowest BCUT2D eigenvalue weighted by molar-refractivity contribution is 0.418. The summed E-state index contributed by atoms with van der Waals surface area (Å²) in [6.07, 6.45) is 0. The number of aryl methyl sites for hydroxylation is 3. The van der Waals surface area contributed by atoms with Crippen LogP contribution in [0.2, 0.25) is 0 Å². The van der Waals surface area contributed by atoms with Gasteiger partial charge in [-0.05, 0) is 12.1 Å². The predicted molar refractivity (Wildman–Crippen MR) is 186 cm³/mol. The lowest BCUT2D eigenvalue weighted by Gasteiger charge is -2.06. The molecule has 0 amide bonds. The summed E-state index contributed by atoms with van der Waals surface area (Å²) in [4.78, 5) is 10.1. The topological polar surface area (TPSA) is 153 Å². The van der Waals surface area contributed by atoms with Crippen molar-refractivity contribution < 1.29 is 9.47 Å². The van der Waals surface area contributed by atoms with Gasteiger partial charge in [-0.25, -0.2) is 9.98 Å². The van der Waals surface area contributed by atoms with Crippen LogP contribution in [0.1, 0.15) is 0 Å². The van der Waals surface area contributed by atoms with Gasteiger partial charge >= 0.3 is 0 Å². The number of nitriles is 4. The summed E-state index contributed by atoms with van der Waals surface area (Å²) in [7, 11) is 9.35. The smallest absolute Gasteiger partial charge is 0.219 e. The van der Waals surface area contributed by atoms with Crippen molar-refractivity contribution in [3.05, 3.63) is 24.3 Å². The molecule has 224 valence electrons. The SMILES string of the molecule is COc1cc(N=C(C#N)C#N)sc1-c1cc2sc3c4sc5cc(-c6sc(N=C(C#N)C#N)cc6OC)n(C)c5c4n(C)c3c2n1C. The third-order valence-corrected chi connectivity index (χ3v) is 12.2. The van der Waals surface area contributed by atoms with Crippen LogP contribution in [-0.4, -0.2) is 39.3 Å². The summed E-state index contributed by atoms with van der Waals surface area (Å²) < 4.78 is 22.6. The number of thiophene rings is 4. The van der Waals surface area contributed by atoms with Gasteiger partial charge in [0.2, 0.25) is 11.4 Å². The van der Waals surface area contributed by atoms with Gasteiger partial charge in [-0.15, -0.1) is 45.3 Å². The van der Waals surface area contributed by atoms with Gasteiger partial charge in [-0.3, -0.25) is 0 Å². The van der Waals surface area contributed by atoms with Gasteiger partial charge < -0.3 is 23.2 Å². The molecule has 0 saturated carbocycles. The minimum absolute atomic E-state index is 0.206. The number of nitrogens with zero attached hydrogens (tertiary/aromatic N) is 9. The van der Waals surface area contributed by atoms with E-state index in [9.17, 15) is 0 Å². The van der Waals surface area contributed by atoms with Crippen LogP contribution in [0.25, 0.3) is 62.0 Å². The molecule has 0 radical (unpaired) electrons. The van der Waals surface area contributed by atoms with E-state index in [0.717, 1.165) is 52.6 Å². The van der Waals surface area contributed by atoms with E-state index < -0.39 is 0 Å². The second-order valence-electron chi connectivity index (χ2n) is 10.1. The van der Waals surface area contributed by atoms with Gasteiger partial charge in [0.1, 0.15) is 45.8 Å². The highest BCUT2D eigenvalue weighted by atomic mass is 32.1. The van der Waals surface area contributed by atoms with Crippen molar-refractivity contribution >= 4 is 108 Å². The van der Waals surface area contributed by atoms with E-state index in [0.29, 0.717) is 21.5 Å². The quantitative estimate of drug-likeness (QED) is 0.162. The van der Waals surface area contributed by atoms with Gasteiger partial charge in [0.25, 0.3) is 0 Å². The first kappa shape index (κ1) is 29.3. The van der Waals surface area contributed by atoms with Crippen molar-refractivity contribution in [1.29, 1.82) is 21.0 Å². The summed E-state index contributed by atoms with van der Waals surface area (Å²) in [5.74, 6) is 1.26. The first-order valence-electron chi connectivity index (χ1n) is 13.4. The van der Waals surface area contributed by atoms with Gasteiger partial charge in [-0.1, -0.05) is 0 Å². The van der Waals surface area contributed by atoms with Crippen LogP contribution in [0.4, 0.5) is 10.0 Å². The van der Waals surface area contributed by atoms with Crippen molar-refractivity contribution in [1.82, 2.24) is 13.7 Å². The van der Waals surface area contributed by atoms with Crippen molar-refractivity contribution in [2.45, 2.75) is 0 Å². The first-order chi connectivity index (χ1) is 22.3. The number of hydrogen-bond donors (Lipinski definition) is 0. The molecule has 7 aromatic heterocycles. The molecule has 15 heteroatoms. The Hall–Kier alpha value is -5.42. The van der Waals surface area contributed by atoms with Crippen LogP contribution in [-0.2, 0) is 21.1 Å². The van der Waals surface area contributed by atoms with E-state index in [-0.39, 0.29) is 11.4 Å². The number of rotatable bonds is 6. The molecule has 0 unspecified atom stereocenters. The molecular weight excluding hydrogens is 659 g/mol. The molecule has 0 aliphatic heterocycles. The van der Waals surface area contributed by atoms with Crippen molar-refractivity contribution in [3.8, 4) is 56.9 Å². The molecular formula is C31H19N9O2S4. The fourth-order valence-corrected chi connectivity index (χ4v) is 10.6. The second-order valence-corrected chi connectivity index (χ2v) is 14.2. The molecule has 0 N–H and O–H groups in total. The van der Waals surface area contributed by atoms with E-state index >= 15 is 0 Å². The highest BCUT2D eigenvalue weighted by Crippen LogP contribution is 2.52. The Bertz CT molecular complexity index is 2440. The standard InChI is InChI=1S/C31H19N9O2S4/c1-38-16(28-18(41-4)8-22(45-28)36-14(10-32)11-33)6-20-24(38)26-30(43-20)31-27(40(26)3)25-21(44-31)7-17(39(25)2)29-19(42-5)9-23(46-29)37-15(12-34)13-35/h6-9H,1-5H3. The average Bonchev–Trinajstić information content (AvgIpc) is 3.90. The molecule has 0 fully saturated rings. The Balaban J connectivity index is 1.40. The minimum atomic E-state index is -0.206. The second kappa shape index (κ2) is 10.9. The molecule has 0 spiro atoms. The van der Waals surface area contributed by atoms with Crippen LogP contribution in [0.15, 0.2) is 34.3 Å². The molecule has 46 heavy (non-hydrogen) atoms. The molecule has 0 aliphatic carbocycles. The molecule has 7 rings (SSSR count). The number of fused-ring (bicyclic) bond motifs is 7. The number of aliphatic imine (C=N–C) groups is 2. The molecule has 11 nitrogen and oxygen atoms in total.